The number of imidazole rings is 1. The van der Waals surface area contributed by atoms with Gasteiger partial charge in [-0.25, -0.2) is 4.98 Å². The molecule has 27 heavy (non-hydrogen) atoms. The Kier molecular flexibility index (Phi) is 5.93. The minimum Gasteiger partial charge on any atom is -0.383 e. The van der Waals surface area contributed by atoms with Crippen molar-refractivity contribution in [2.75, 3.05) is 26.8 Å². The number of rotatable bonds is 5. The molecule has 2 aromatic heterocycles. The summed E-state index contributed by atoms with van der Waals surface area (Å²) in [6.07, 6.45) is 12.1. The molecule has 0 saturated carbocycles. The molecule has 146 valence electrons. The SMILES string of the molecule is COCCn1ccnc1C1CCCN(C(=O)c2cc3c(s2)CCCCC3)C1. The van der Waals surface area contributed by atoms with Crippen molar-refractivity contribution in [1.82, 2.24) is 14.5 Å². The number of hydrogen-bond acceptors (Lipinski definition) is 4. The van der Waals surface area contributed by atoms with Crippen LogP contribution in [0.25, 0.3) is 0 Å². The van der Waals surface area contributed by atoms with Gasteiger partial charge in [-0.15, -0.1) is 11.3 Å². The van der Waals surface area contributed by atoms with Gasteiger partial charge in [-0.05, 0) is 50.2 Å². The van der Waals surface area contributed by atoms with Crippen LogP contribution in [0.3, 0.4) is 0 Å². The Bertz CT molecular complexity index is 759. The third-order valence-electron chi connectivity index (χ3n) is 5.82. The van der Waals surface area contributed by atoms with Crippen LogP contribution >= 0.6 is 11.3 Å². The van der Waals surface area contributed by atoms with Gasteiger partial charge in [0.05, 0.1) is 11.5 Å². The van der Waals surface area contributed by atoms with Crippen molar-refractivity contribution in [3.05, 3.63) is 39.6 Å². The van der Waals surface area contributed by atoms with E-state index >= 15 is 0 Å². The molecule has 0 bridgehead atoms. The number of hydrogen-bond donors (Lipinski definition) is 0. The van der Waals surface area contributed by atoms with Gasteiger partial charge in [-0.2, -0.15) is 0 Å². The summed E-state index contributed by atoms with van der Waals surface area (Å²) in [6.45, 7) is 3.12. The first kappa shape index (κ1) is 18.7. The number of amides is 1. The fourth-order valence-corrected chi connectivity index (χ4v) is 5.58. The van der Waals surface area contributed by atoms with Crippen LogP contribution in [0.4, 0.5) is 0 Å². The van der Waals surface area contributed by atoms with Crippen molar-refractivity contribution in [2.45, 2.75) is 57.4 Å². The van der Waals surface area contributed by atoms with E-state index in [0.717, 1.165) is 56.0 Å². The van der Waals surface area contributed by atoms with E-state index in [-0.39, 0.29) is 5.91 Å². The maximum Gasteiger partial charge on any atom is 0.263 e. The van der Waals surface area contributed by atoms with E-state index in [0.29, 0.717) is 12.5 Å². The average Bonchev–Trinajstić information content (AvgIpc) is 3.27. The van der Waals surface area contributed by atoms with E-state index in [1.165, 1.54) is 29.7 Å². The monoisotopic (exact) mass is 387 g/mol. The van der Waals surface area contributed by atoms with Crippen molar-refractivity contribution in [2.24, 2.45) is 0 Å². The quantitative estimate of drug-likeness (QED) is 0.732. The first-order chi connectivity index (χ1) is 13.3. The second-order valence-corrected chi connectivity index (χ2v) is 8.82. The minimum atomic E-state index is 0.216. The van der Waals surface area contributed by atoms with Gasteiger partial charge in [0, 0.05) is 49.9 Å². The Morgan fingerprint density at radius 1 is 1.30 bits per heavy atom. The van der Waals surface area contributed by atoms with E-state index in [2.05, 4.69) is 20.5 Å². The highest BCUT2D eigenvalue weighted by Gasteiger charge is 2.29. The van der Waals surface area contributed by atoms with Crippen molar-refractivity contribution in [1.29, 1.82) is 0 Å². The first-order valence-corrected chi connectivity index (χ1v) is 11.0. The predicted molar refractivity (Wildman–Crippen MR) is 108 cm³/mol. The molecule has 4 rings (SSSR count). The van der Waals surface area contributed by atoms with Gasteiger partial charge in [0.25, 0.3) is 5.91 Å². The topological polar surface area (TPSA) is 47.4 Å². The van der Waals surface area contributed by atoms with Gasteiger partial charge in [0.15, 0.2) is 0 Å². The summed E-state index contributed by atoms with van der Waals surface area (Å²) in [5, 5.41) is 0. The van der Waals surface area contributed by atoms with Crippen LogP contribution in [-0.2, 0) is 24.1 Å². The van der Waals surface area contributed by atoms with Crippen LogP contribution in [0.15, 0.2) is 18.5 Å². The van der Waals surface area contributed by atoms with Crippen LogP contribution < -0.4 is 0 Å². The second kappa shape index (κ2) is 8.57. The van der Waals surface area contributed by atoms with Crippen LogP contribution in [0.5, 0.6) is 0 Å². The Hall–Kier alpha value is -1.66. The van der Waals surface area contributed by atoms with E-state index in [1.807, 2.05) is 12.4 Å². The Morgan fingerprint density at radius 2 is 2.19 bits per heavy atom. The van der Waals surface area contributed by atoms with Gasteiger partial charge in [-0.1, -0.05) is 6.42 Å². The largest absolute Gasteiger partial charge is 0.383 e. The number of methoxy groups -OCH3 is 1. The van der Waals surface area contributed by atoms with Crippen LogP contribution in [0.1, 0.15) is 64.0 Å². The molecule has 1 aliphatic heterocycles. The summed E-state index contributed by atoms with van der Waals surface area (Å²) in [6, 6.07) is 2.18. The lowest BCUT2D eigenvalue weighted by atomic mass is 9.97. The highest BCUT2D eigenvalue weighted by molar-refractivity contribution is 7.14. The normalized spacial score (nSPS) is 20.3. The summed E-state index contributed by atoms with van der Waals surface area (Å²) < 4.78 is 7.39. The molecule has 1 unspecified atom stereocenters. The van der Waals surface area contributed by atoms with Crippen LogP contribution in [-0.4, -0.2) is 47.2 Å². The molecule has 1 atom stereocenters. The highest BCUT2D eigenvalue weighted by Crippen LogP contribution is 2.32. The minimum absolute atomic E-state index is 0.216. The molecule has 2 aromatic rings. The Labute approximate surface area is 165 Å². The third kappa shape index (κ3) is 4.11. The fraction of sp³-hybridized carbons (Fsp3) is 0.619. The number of piperidine rings is 1. The number of thiophene rings is 1. The van der Waals surface area contributed by atoms with Crippen molar-refractivity contribution < 1.29 is 9.53 Å². The molecule has 0 spiro atoms. The fourth-order valence-electron chi connectivity index (χ4n) is 4.36. The van der Waals surface area contributed by atoms with Gasteiger partial charge >= 0.3 is 0 Å². The summed E-state index contributed by atoms with van der Waals surface area (Å²) in [5.74, 6) is 1.62. The molecular formula is C21H29N3O2S. The smallest absolute Gasteiger partial charge is 0.263 e. The lowest BCUT2D eigenvalue weighted by molar-refractivity contribution is 0.0707. The van der Waals surface area contributed by atoms with E-state index in [9.17, 15) is 4.79 Å². The highest BCUT2D eigenvalue weighted by atomic mass is 32.1. The van der Waals surface area contributed by atoms with Crippen molar-refractivity contribution in [3.63, 3.8) is 0 Å². The number of aryl methyl sites for hydroxylation is 2. The molecule has 0 aromatic carbocycles. The number of likely N-dealkylation sites (tertiary alicyclic amines) is 1. The Morgan fingerprint density at radius 3 is 3.07 bits per heavy atom. The van der Waals surface area contributed by atoms with E-state index in [1.54, 1.807) is 18.4 Å². The number of carbonyl (C=O) groups excluding carboxylic acids is 1. The van der Waals surface area contributed by atoms with Crippen molar-refractivity contribution in [3.8, 4) is 0 Å². The number of ether oxygens (including phenoxy) is 1. The van der Waals surface area contributed by atoms with Crippen molar-refractivity contribution >= 4 is 17.2 Å². The standard InChI is InChI=1S/C21H29N3O2S/c1-26-13-12-23-11-9-22-20(23)17-7-5-10-24(15-17)21(25)19-14-16-6-3-2-4-8-18(16)27-19/h9,11,14,17H,2-8,10,12-13,15H2,1H3. The zero-order chi connectivity index (χ0) is 18.6. The molecule has 6 heteroatoms. The molecule has 5 nitrogen and oxygen atoms in total. The molecule has 2 aliphatic rings. The zero-order valence-electron chi connectivity index (χ0n) is 16.2. The van der Waals surface area contributed by atoms with Gasteiger partial charge < -0.3 is 14.2 Å². The molecule has 1 aliphatic carbocycles. The lowest BCUT2D eigenvalue weighted by Gasteiger charge is -2.32. The summed E-state index contributed by atoms with van der Waals surface area (Å²) in [5.41, 5.74) is 1.42. The maximum atomic E-state index is 13.2. The van der Waals surface area contributed by atoms with Crippen LogP contribution in [0, 0.1) is 0 Å². The van der Waals surface area contributed by atoms with Gasteiger partial charge in [0.2, 0.25) is 0 Å². The number of aromatic nitrogens is 2. The second-order valence-electron chi connectivity index (χ2n) is 7.68. The van der Waals surface area contributed by atoms with Gasteiger partial charge in [-0.3, -0.25) is 4.79 Å². The van der Waals surface area contributed by atoms with E-state index < -0.39 is 0 Å². The first-order valence-electron chi connectivity index (χ1n) is 10.2. The Balaban J connectivity index is 1.47. The predicted octanol–water partition coefficient (Wildman–Crippen LogP) is 3.88. The molecule has 0 radical (unpaired) electrons. The summed E-state index contributed by atoms with van der Waals surface area (Å²) >= 11 is 1.73. The number of fused-ring (bicyclic) bond motifs is 1. The zero-order valence-corrected chi connectivity index (χ0v) is 17.0. The molecule has 1 fully saturated rings. The van der Waals surface area contributed by atoms with Crippen LogP contribution in [0.2, 0.25) is 0 Å². The number of carbonyl (C=O) groups is 1. The number of nitrogens with zero attached hydrogens (tertiary/aromatic N) is 3. The molecular weight excluding hydrogens is 358 g/mol. The summed E-state index contributed by atoms with van der Waals surface area (Å²) in [4.78, 5) is 22.2. The molecule has 0 N–H and O–H groups in total. The average molecular weight is 388 g/mol. The summed E-state index contributed by atoms with van der Waals surface area (Å²) in [7, 11) is 1.72. The van der Waals surface area contributed by atoms with E-state index in [4.69, 9.17) is 4.74 Å². The molecule has 3 heterocycles. The molecule has 1 saturated heterocycles. The molecule has 1 amide bonds. The maximum absolute atomic E-state index is 13.2. The third-order valence-corrected chi connectivity index (χ3v) is 7.04. The lowest BCUT2D eigenvalue weighted by Crippen LogP contribution is -2.39. The van der Waals surface area contributed by atoms with Gasteiger partial charge in [0.1, 0.15) is 5.82 Å².